The highest BCUT2D eigenvalue weighted by Gasteiger charge is 2.34. The Morgan fingerprint density at radius 3 is 2.39 bits per heavy atom. The second-order valence-electron chi connectivity index (χ2n) is 11.4. The molecule has 1 aliphatic rings. The second kappa shape index (κ2) is 9.32. The molecule has 2 aromatic rings. The molecule has 1 aliphatic heterocycles. The summed E-state index contributed by atoms with van der Waals surface area (Å²) in [4.78, 5) is 2.59. The summed E-state index contributed by atoms with van der Waals surface area (Å²) in [7, 11) is 1.90. The van der Waals surface area contributed by atoms with Gasteiger partial charge >= 0.3 is 0 Å². The van der Waals surface area contributed by atoms with Crippen LogP contribution in [0.4, 0.5) is 11.4 Å². The molecule has 1 aromatic heterocycles. The molecule has 1 fully saturated rings. The van der Waals surface area contributed by atoms with Gasteiger partial charge in [0, 0.05) is 34.6 Å². The molecule has 2 N–H and O–H groups in total. The number of aryl methyl sites for hydroxylation is 1. The smallest absolute Gasteiger partial charge is 0.243 e. The van der Waals surface area contributed by atoms with E-state index in [0.29, 0.717) is 17.1 Å². The number of hydrogen-bond donors (Lipinski definition) is 1. The van der Waals surface area contributed by atoms with E-state index in [1.54, 1.807) is 0 Å². The van der Waals surface area contributed by atoms with Gasteiger partial charge in [0.25, 0.3) is 0 Å². The molecule has 174 valence electrons. The zero-order valence-electron chi connectivity index (χ0n) is 21.0. The summed E-state index contributed by atoms with van der Waals surface area (Å²) in [6.45, 7) is 19.1. The SMILES string of the molecule is CC([SiH3])C(C)(C)c1cc(N2CCC(n3cc[n+](C)c3)C2)cc(C(C)[Si](C)(C)C)c1N.[Cl-]. The first kappa shape index (κ1) is 26.0. The third-order valence-electron chi connectivity index (χ3n) is 7.84. The summed E-state index contributed by atoms with van der Waals surface area (Å²) in [6.07, 6.45) is 7.72. The molecule has 0 radical (unpaired) electrons. The molecule has 0 spiro atoms. The molecule has 4 nitrogen and oxygen atoms in total. The van der Waals surface area contributed by atoms with Crippen molar-refractivity contribution in [2.75, 3.05) is 23.7 Å². The van der Waals surface area contributed by atoms with Crippen LogP contribution in [-0.4, -0.2) is 36.0 Å². The number of halogens is 1. The lowest BCUT2D eigenvalue weighted by Gasteiger charge is -2.36. The van der Waals surface area contributed by atoms with Gasteiger partial charge in [-0.15, -0.1) is 0 Å². The second-order valence-corrected chi connectivity index (χ2v) is 18.7. The maximum Gasteiger partial charge on any atom is 0.243 e. The Morgan fingerprint density at radius 1 is 1.23 bits per heavy atom. The van der Waals surface area contributed by atoms with Crippen molar-refractivity contribution in [1.82, 2.24) is 4.57 Å². The number of nitrogen functional groups attached to an aromatic ring is 1. The largest absolute Gasteiger partial charge is 1.00 e. The van der Waals surface area contributed by atoms with Crippen LogP contribution in [0.2, 0.25) is 25.2 Å². The normalized spacial score (nSPS) is 19.4. The molecular weight excluding hydrogens is 436 g/mol. The van der Waals surface area contributed by atoms with E-state index in [-0.39, 0.29) is 17.8 Å². The first-order chi connectivity index (χ1) is 13.8. The molecule has 3 rings (SSSR count). The fourth-order valence-corrected chi connectivity index (χ4v) is 5.90. The quantitative estimate of drug-likeness (QED) is 0.378. The van der Waals surface area contributed by atoms with Crippen molar-refractivity contribution in [1.29, 1.82) is 0 Å². The first-order valence-electron chi connectivity index (χ1n) is 11.5. The molecule has 31 heavy (non-hydrogen) atoms. The van der Waals surface area contributed by atoms with Gasteiger partial charge < -0.3 is 23.0 Å². The molecule has 0 bridgehead atoms. The highest BCUT2D eigenvalue weighted by atomic mass is 35.5. The first-order valence-corrected chi connectivity index (χ1v) is 16.3. The molecule has 0 amide bonds. The highest BCUT2D eigenvalue weighted by molar-refractivity contribution is 6.77. The van der Waals surface area contributed by atoms with Crippen molar-refractivity contribution >= 4 is 29.7 Å². The van der Waals surface area contributed by atoms with Gasteiger partial charge in [-0.05, 0) is 39.8 Å². The number of hydrogen-bond acceptors (Lipinski definition) is 2. The maximum absolute atomic E-state index is 6.91. The van der Waals surface area contributed by atoms with Crippen LogP contribution in [0.5, 0.6) is 0 Å². The van der Waals surface area contributed by atoms with Crippen LogP contribution in [0.25, 0.3) is 0 Å². The summed E-state index contributed by atoms with van der Waals surface area (Å²) in [6, 6.07) is 5.38. The van der Waals surface area contributed by atoms with E-state index < -0.39 is 8.07 Å². The van der Waals surface area contributed by atoms with E-state index in [1.807, 2.05) is 0 Å². The lowest BCUT2D eigenvalue weighted by Crippen LogP contribution is -3.00. The molecule has 0 saturated carbocycles. The zero-order valence-corrected chi connectivity index (χ0v) is 24.8. The van der Waals surface area contributed by atoms with Gasteiger partial charge in [0.05, 0.1) is 21.7 Å². The molecule has 7 heteroatoms. The van der Waals surface area contributed by atoms with Gasteiger partial charge in [-0.25, -0.2) is 9.13 Å². The van der Waals surface area contributed by atoms with Crippen molar-refractivity contribution in [3.63, 3.8) is 0 Å². The fourth-order valence-electron chi connectivity index (χ4n) is 4.42. The zero-order chi connectivity index (χ0) is 22.4. The molecule has 3 unspecified atom stereocenters. The Hall–Kier alpha value is -1.25. The van der Waals surface area contributed by atoms with Crippen molar-refractivity contribution in [2.45, 2.75) is 76.3 Å². The summed E-state index contributed by atoms with van der Waals surface area (Å²) < 4.78 is 4.50. The summed E-state index contributed by atoms with van der Waals surface area (Å²) in [5, 5.41) is 0. The van der Waals surface area contributed by atoms with Gasteiger partial charge in [0.1, 0.15) is 18.4 Å². The fraction of sp³-hybridized carbons (Fsp3) is 0.625. The van der Waals surface area contributed by atoms with E-state index in [0.717, 1.165) is 18.8 Å². The van der Waals surface area contributed by atoms with Crippen LogP contribution in [0.1, 0.15) is 56.8 Å². The Kier molecular flexibility index (Phi) is 7.82. The topological polar surface area (TPSA) is 38.1 Å². The van der Waals surface area contributed by atoms with Crippen LogP contribution in [0, 0.1) is 0 Å². The van der Waals surface area contributed by atoms with Crippen LogP contribution in [0.15, 0.2) is 30.9 Å². The maximum atomic E-state index is 6.91. The van der Waals surface area contributed by atoms with Crippen LogP contribution < -0.4 is 27.6 Å². The Morgan fingerprint density at radius 2 is 1.87 bits per heavy atom. The van der Waals surface area contributed by atoms with Crippen molar-refractivity contribution in [3.05, 3.63) is 42.0 Å². The number of rotatable bonds is 6. The molecule has 1 saturated heterocycles. The molecule has 3 atom stereocenters. The third-order valence-corrected chi connectivity index (χ3v) is 12.2. The van der Waals surface area contributed by atoms with Crippen molar-refractivity contribution in [2.24, 2.45) is 7.05 Å². The number of nitrogens with two attached hydrogens (primary N) is 1. The minimum atomic E-state index is -1.36. The lowest BCUT2D eigenvalue weighted by atomic mass is 9.79. The monoisotopic (exact) mass is 478 g/mol. The van der Waals surface area contributed by atoms with Crippen LogP contribution in [-0.2, 0) is 12.5 Å². The van der Waals surface area contributed by atoms with Gasteiger partial charge in [-0.2, -0.15) is 0 Å². The Bertz CT molecular complexity index is 901. The standard InChI is InChI=1S/C24H43N4Si2.ClH/c1-17(30(6,7)8)21-13-20(14-22(23(21)25)24(3,4)18(2)29)27-10-9-19(15-27)28-12-11-26(5)16-28;/h11-14,16-19H,9-10,15,25H2,1-8,29H3;1H/q+1;/p-1. The van der Waals surface area contributed by atoms with Crippen molar-refractivity contribution in [3.8, 4) is 0 Å². The van der Waals surface area contributed by atoms with Gasteiger partial charge in [0.15, 0.2) is 0 Å². The van der Waals surface area contributed by atoms with Crippen LogP contribution in [0.3, 0.4) is 0 Å². The number of benzene rings is 1. The minimum Gasteiger partial charge on any atom is -1.00 e. The van der Waals surface area contributed by atoms with Crippen LogP contribution >= 0.6 is 0 Å². The van der Waals surface area contributed by atoms with E-state index >= 15 is 0 Å². The molecule has 1 aromatic carbocycles. The van der Waals surface area contributed by atoms with E-state index in [2.05, 4.69) is 99.3 Å². The average molecular weight is 479 g/mol. The van der Waals surface area contributed by atoms with E-state index in [4.69, 9.17) is 5.73 Å². The van der Waals surface area contributed by atoms with E-state index in [9.17, 15) is 0 Å². The Balaban J connectivity index is 0.00000341. The summed E-state index contributed by atoms with van der Waals surface area (Å²) >= 11 is 0. The van der Waals surface area contributed by atoms with Gasteiger partial charge in [0.2, 0.25) is 6.33 Å². The summed E-state index contributed by atoms with van der Waals surface area (Å²) in [5.74, 6) is 0. The summed E-state index contributed by atoms with van der Waals surface area (Å²) in [5.41, 5.74) is 13.4. The number of nitrogens with zero attached hydrogens (tertiary/aromatic N) is 3. The lowest BCUT2D eigenvalue weighted by molar-refractivity contribution is -0.671. The minimum absolute atomic E-state index is 0. The number of imidazole rings is 1. The predicted molar refractivity (Wildman–Crippen MR) is 136 cm³/mol. The van der Waals surface area contributed by atoms with Gasteiger partial charge in [-0.1, -0.05) is 47.3 Å². The third kappa shape index (κ3) is 5.23. The highest BCUT2D eigenvalue weighted by Crippen LogP contribution is 2.44. The Labute approximate surface area is 200 Å². The van der Waals surface area contributed by atoms with Crippen molar-refractivity contribution < 1.29 is 17.0 Å². The number of anilines is 2. The molecule has 2 heterocycles. The number of aromatic nitrogens is 2. The average Bonchev–Trinajstić information content (AvgIpc) is 3.29. The van der Waals surface area contributed by atoms with Gasteiger partial charge in [-0.3, -0.25) is 0 Å². The molecule has 0 aliphatic carbocycles. The predicted octanol–water partition coefficient (Wildman–Crippen LogP) is 0.783. The van der Waals surface area contributed by atoms with E-state index in [1.165, 1.54) is 33.5 Å². The molecular formula is C24H43ClN4Si2.